The Kier molecular flexibility index (Phi) is 8.15. The van der Waals surface area contributed by atoms with E-state index >= 15 is 0 Å². The third-order valence-electron chi connectivity index (χ3n) is 6.71. The number of ether oxygens (including phenoxy) is 2. The van der Waals surface area contributed by atoms with Crippen molar-refractivity contribution in [3.05, 3.63) is 30.1 Å². The van der Waals surface area contributed by atoms with E-state index in [0.717, 1.165) is 56.0 Å². The molecule has 190 valence electrons. The number of carbonyl (C=O) groups is 1. The van der Waals surface area contributed by atoms with E-state index in [1.807, 2.05) is 50.2 Å². The van der Waals surface area contributed by atoms with Crippen molar-refractivity contribution >= 4 is 23.4 Å². The van der Waals surface area contributed by atoms with Crippen LogP contribution in [0, 0.1) is 6.92 Å². The third kappa shape index (κ3) is 6.90. The lowest BCUT2D eigenvalue weighted by Crippen LogP contribution is -2.42. The minimum atomic E-state index is -0.194. The molecule has 9 heteroatoms. The van der Waals surface area contributed by atoms with E-state index in [1.165, 1.54) is 12.8 Å². The van der Waals surface area contributed by atoms with Gasteiger partial charge in [0.2, 0.25) is 0 Å². The molecule has 0 bridgehead atoms. The molecule has 2 saturated carbocycles. The Morgan fingerprint density at radius 3 is 2.37 bits per heavy atom. The van der Waals surface area contributed by atoms with E-state index in [2.05, 4.69) is 25.9 Å². The van der Waals surface area contributed by atoms with Crippen molar-refractivity contribution in [3.63, 3.8) is 0 Å². The molecule has 4 rings (SSSR count). The number of amides is 2. The van der Waals surface area contributed by atoms with Gasteiger partial charge in [-0.15, -0.1) is 0 Å². The highest BCUT2D eigenvalue weighted by atomic mass is 16.5. The van der Waals surface area contributed by atoms with Gasteiger partial charge in [-0.3, -0.25) is 0 Å². The fraction of sp³-hybridized carbons (Fsp3) is 0.577. The predicted molar refractivity (Wildman–Crippen MR) is 139 cm³/mol. The normalized spacial score (nSPS) is 20.2. The number of aryl methyl sites for hydroxylation is 1. The van der Waals surface area contributed by atoms with Gasteiger partial charge in [0.05, 0.1) is 13.2 Å². The van der Waals surface area contributed by atoms with E-state index in [4.69, 9.17) is 9.47 Å². The molecule has 1 aromatic carbocycles. The maximum atomic E-state index is 12.7. The van der Waals surface area contributed by atoms with Gasteiger partial charge >= 0.3 is 6.03 Å². The number of carbonyl (C=O) groups excluding carboxylic acids is 1. The summed E-state index contributed by atoms with van der Waals surface area (Å²) in [7, 11) is 5.58. The van der Waals surface area contributed by atoms with Crippen LogP contribution in [0.2, 0.25) is 0 Å². The molecule has 9 nitrogen and oxygen atoms in total. The van der Waals surface area contributed by atoms with Crippen LogP contribution >= 0.6 is 0 Å². The first-order valence-corrected chi connectivity index (χ1v) is 12.6. The van der Waals surface area contributed by atoms with Crippen molar-refractivity contribution < 1.29 is 14.3 Å². The van der Waals surface area contributed by atoms with Crippen molar-refractivity contribution in [1.29, 1.82) is 0 Å². The Bertz CT molecular complexity index is 1000. The quantitative estimate of drug-likeness (QED) is 0.500. The maximum absolute atomic E-state index is 12.7. The second-order valence-corrected chi connectivity index (χ2v) is 9.73. The standard InChI is InChI=1S/C26H38N6O3/c1-17-27-24(16-25(28-17)32(2)3)29-18-9-11-19(12-10-18)30-26(33)31-20-13-14-22(34-4)23(15-20)35-21-7-5-6-8-21/h13-16,18-19,21H,5-12H2,1-4H3,(H,27,28,29)(H2,30,31,33). The molecule has 3 N–H and O–H groups in total. The summed E-state index contributed by atoms with van der Waals surface area (Å²) in [4.78, 5) is 23.6. The first-order chi connectivity index (χ1) is 16.9. The molecule has 0 radical (unpaired) electrons. The van der Waals surface area contributed by atoms with Gasteiger partial charge in [-0.25, -0.2) is 14.8 Å². The lowest BCUT2D eigenvalue weighted by atomic mass is 9.91. The van der Waals surface area contributed by atoms with Crippen LogP contribution in [0.4, 0.5) is 22.1 Å². The zero-order chi connectivity index (χ0) is 24.8. The number of aromatic nitrogens is 2. The van der Waals surface area contributed by atoms with Crippen LogP contribution in [0.25, 0.3) is 0 Å². The molecule has 0 atom stereocenters. The molecular weight excluding hydrogens is 444 g/mol. The highest BCUT2D eigenvalue weighted by Gasteiger charge is 2.23. The fourth-order valence-electron chi connectivity index (χ4n) is 4.83. The van der Waals surface area contributed by atoms with Crippen LogP contribution in [0.3, 0.4) is 0 Å². The van der Waals surface area contributed by atoms with Crippen LogP contribution in [0.1, 0.15) is 57.2 Å². The number of nitrogens with zero attached hydrogens (tertiary/aromatic N) is 3. The number of rotatable bonds is 8. The number of methoxy groups -OCH3 is 1. The summed E-state index contributed by atoms with van der Waals surface area (Å²) in [5.41, 5.74) is 0.697. The number of nitrogens with one attached hydrogen (secondary N) is 3. The Balaban J connectivity index is 1.26. The molecule has 2 amide bonds. The van der Waals surface area contributed by atoms with Crippen molar-refractivity contribution in [1.82, 2.24) is 15.3 Å². The highest BCUT2D eigenvalue weighted by molar-refractivity contribution is 5.89. The number of anilines is 3. The van der Waals surface area contributed by atoms with Gasteiger partial charge in [-0.2, -0.15) is 0 Å². The number of urea groups is 1. The molecule has 2 fully saturated rings. The lowest BCUT2D eigenvalue weighted by molar-refractivity contribution is 0.201. The SMILES string of the molecule is COc1ccc(NC(=O)NC2CCC(Nc3cc(N(C)C)nc(C)n3)CC2)cc1OC1CCCC1. The lowest BCUT2D eigenvalue weighted by Gasteiger charge is -2.30. The minimum absolute atomic E-state index is 0.143. The highest BCUT2D eigenvalue weighted by Crippen LogP contribution is 2.34. The van der Waals surface area contributed by atoms with Gasteiger partial charge in [-0.05, 0) is 70.4 Å². The van der Waals surface area contributed by atoms with E-state index in [-0.39, 0.29) is 18.2 Å². The number of hydrogen-bond donors (Lipinski definition) is 3. The monoisotopic (exact) mass is 482 g/mol. The average Bonchev–Trinajstić information content (AvgIpc) is 3.33. The van der Waals surface area contributed by atoms with Crippen molar-refractivity contribution in [2.45, 2.75) is 76.5 Å². The summed E-state index contributed by atoms with van der Waals surface area (Å²) in [6, 6.07) is 7.79. The summed E-state index contributed by atoms with van der Waals surface area (Å²) < 4.78 is 11.6. The van der Waals surface area contributed by atoms with Crippen molar-refractivity contribution in [3.8, 4) is 11.5 Å². The Morgan fingerprint density at radius 1 is 0.971 bits per heavy atom. The Labute approximate surface area is 208 Å². The molecule has 0 unspecified atom stereocenters. The third-order valence-corrected chi connectivity index (χ3v) is 6.71. The van der Waals surface area contributed by atoms with Crippen LogP contribution in [-0.4, -0.2) is 55.4 Å². The van der Waals surface area contributed by atoms with E-state index in [9.17, 15) is 4.79 Å². The second kappa shape index (κ2) is 11.5. The van der Waals surface area contributed by atoms with Gasteiger partial charge in [0.1, 0.15) is 17.5 Å². The molecule has 1 aromatic heterocycles. The van der Waals surface area contributed by atoms with E-state index in [0.29, 0.717) is 23.2 Å². The van der Waals surface area contributed by atoms with Crippen LogP contribution in [-0.2, 0) is 0 Å². The van der Waals surface area contributed by atoms with E-state index in [1.54, 1.807) is 7.11 Å². The van der Waals surface area contributed by atoms with Gasteiger partial charge in [0.25, 0.3) is 0 Å². The Morgan fingerprint density at radius 2 is 1.69 bits per heavy atom. The second-order valence-electron chi connectivity index (χ2n) is 9.73. The molecule has 0 spiro atoms. The van der Waals surface area contributed by atoms with Crippen LogP contribution < -0.4 is 30.3 Å². The smallest absolute Gasteiger partial charge is 0.319 e. The Hall–Kier alpha value is -3.23. The van der Waals surface area contributed by atoms with E-state index < -0.39 is 0 Å². The topological polar surface area (TPSA) is 101 Å². The largest absolute Gasteiger partial charge is 0.493 e. The fourth-order valence-corrected chi connectivity index (χ4v) is 4.83. The molecule has 0 saturated heterocycles. The molecular formula is C26H38N6O3. The first kappa shape index (κ1) is 24.9. The minimum Gasteiger partial charge on any atom is -0.493 e. The average molecular weight is 483 g/mol. The van der Waals surface area contributed by atoms with Crippen LogP contribution in [0.5, 0.6) is 11.5 Å². The number of benzene rings is 1. The molecule has 0 aliphatic heterocycles. The van der Waals surface area contributed by atoms with Crippen molar-refractivity contribution in [2.24, 2.45) is 0 Å². The van der Waals surface area contributed by atoms with Gasteiger partial charge < -0.3 is 30.3 Å². The van der Waals surface area contributed by atoms with Crippen molar-refractivity contribution in [2.75, 3.05) is 36.7 Å². The first-order valence-electron chi connectivity index (χ1n) is 12.6. The van der Waals surface area contributed by atoms with Crippen LogP contribution in [0.15, 0.2) is 24.3 Å². The molecule has 2 aliphatic carbocycles. The zero-order valence-corrected chi connectivity index (χ0v) is 21.3. The van der Waals surface area contributed by atoms with Gasteiger partial charge in [-0.1, -0.05) is 0 Å². The molecule has 35 heavy (non-hydrogen) atoms. The number of hydrogen-bond acceptors (Lipinski definition) is 7. The maximum Gasteiger partial charge on any atom is 0.319 e. The van der Waals surface area contributed by atoms with Gasteiger partial charge in [0.15, 0.2) is 11.5 Å². The predicted octanol–water partition coefficient (Wildman–Crippen LogP) is 4.73. The molecule has 1 heterocycles. The zero-order valence-electron chi connectivity index (χ0n) is 21.3. The summed E-state index contributed by atoms with van der Waals surface area (Å²) in [5, 5.41) is 9.63. The summed E-state index contributed by atoms with van der Waals surface area (Å²) >= 11 is 0. The molecule has 2 aromatic rings. The summed E-state index contributed by atoms with van der Waals surface area (Å²) in [6.07, 6.45) is 8.49. The summed E-state index contributed by atoms with van der Waals surface area (Å²) in [6.45, 7) is 1.91. The summed E-state index contributed by atoms with van der Waals surface area (Å²) in [5.74, 6) is 3.86. The van der Waals surface area contributed by atoms with Gasteiger partial charge in [0, 0.05) is 44.0 Å². The molecule has 2 aliphatic rings.